The molecule has 76 valence electrons. The second kappa shape index (κ2) is 4.81. The van der Waals surface area contributed by atoms with Crippen molar-refractivity contribution in [1.29, 1.82) is 0 Å². The summed E-state index contributed by atoms with van der Waals surface area (Å²) < 4.78 is 0. The Balaban J connectivity index is 4.17. The molecule has 5 nitrogen and oxygen atoms in total. The summed E-state index contributed by atoms with van der Waals surface area (Å²) in [5.41, 5.74) is 10.5. The lowest BCUT2D eigenvalue weighted by atomic mass is 10.0. The first-order valence-corrected chi connectivity index (χ1v) is 4.15. The summed E-state index contributed by atoms with van der Waals surface area (Å²) in [7, 11) is 1.51. The van der Waals surface area contributed by atoms with Crippen molar-refractivity contribution in [3.8, 4) is 0 Å². The lowest BCUT2D eigenvalue weighted by Gasteiger charge is -2.21. The van der Waals surface area contributed by atoms with E-state index in [1.54, 1.807) is 0 Å². The highest BCUT2D eigenvalue weighted by Gasteiger charge is 2.21. The maximum atomic E-state index is 11.4. The molecule has 0 bridgehead atoms. The van der Waals surface area contributed by atoms with Crippen LogP contribution in [0.2, 0.25) is 0 Å². The number of nitrogens with zero attached hydrogens (tertiary/aromatic N) is 1. The summed E-state index contributed by atoms with van der Waals surface area (Å²) in [6, 6.07) is -0.565. The van der Waals surface area contributed by atoms with Crippen molar-refractivity contribution in [1.82, 2.24) is 4.90 Å². The third kappa shape index (κ3) is 3.89. The van der Waals surface area contributed by atoms with Crippen LogP contribution in [0.3, 0.4) is 0 Å². The molecule has 0 rings (SSSR count). The fourth-order valence-corrected chi connectivity index (χ4v) is 0.851. The van der Waals surface area contributed by atoms with Gasteiger partial charge in [0.05, 0.1) is 12.6 Å². The van der Waals surface area contributed by atoms with Gasteiger partial charge in [-0.05, 0) is 5.92 Å². The second-order valence-electron chi connectivity index (χ2n) is 3.43. The van der Waals surface area contributed by atoms with Crippen molar-refractivity contribution < 1.29 is 9.59 Å². The van der Waals surface area contributed by atoms with Crippen LogP contribution in [-0.4, -0.2) is 36.3 Å². The number of carbonyl (C=O) groups excluding carboxylic acids is 2. The van der Waals surface area contributed by atoms with Gasteiger partial charge < -0.3 is 16.4 Å². The van der Waals surface area contributed by atoms with E-state index in [0.29, 0.717) is 0 Å². The highest BCUT2D eigenvalue weighted by molar-refractivity contribution is 5.86. The highest BCUT2D eigenvalue weighted by atomic mass is 16.2. The molecule has 0 aliphatic carbocycles. The van der Waals surface area contributed by atoms with Gasteiger partial charge in [-0.15, -0.1) is 0 Å². The summed E-state index contributed by atoms with van der Waals surface area (Å²) >= 11 is 0. The minimum atomic E-state index is -0.565. The van der Waals surface area contributed by atoms with Crippen LogP contribution >= 0.6 is 0 Å². The van der Waals surface area contributed by atoms with Crippen molar-refractivity contribution in [3.05, 3.63) is 0 Å². The van der Waals surface area contributed by atoms with E-state index in [4.69, 9.17) is 11.5 Å². The zero-order valence-electron chi connectivity index (χ0n) is 8.28. The van der Waals surface area contributed by atoms with E-state index in [2.05, 4.69) is 0 Å². The second-order valence-corrected chi connectivity index (χ2v) is 3.43. The summed E-state index contributed by atoms with van der Waals surface area (Å²) in [4.78, 5) is 23.2. The van der Waals surface area contributed by atoms with E-state index < -0.39 is 11.9 Å². The van der Waals surface area contributed by atoms with E-state index in [9.17, 15) is 9.59 Å². The first-order valence-electron chi connectivity index (χ1n) is 4.15. The van der Waals surface area contributed by atoms with Crippen LogP contribution in [0.15, 0.2) is 0 Å². The molecule has 0 aromatic carbocycles. The number of hydrogen-bond donors (Lipinski definition) is 2. The molecule has 1 atom stereocenters. The third-order valence-electron chi connectivity index (χ3n) is 1.77. The van der Waals surface area contributed by atoms with Crippen LogP contribution in [0.5, 0.6) is 0 Å². The normalized spacial score (nSPS) is 12.7. The van der Waals surface area contributed by atoms with E-state index >= 15 is 0 Å². The van der Waals surface area contributed by atoms with Crippen LogP contribution in [0, 0.1) is 5.92 Å². The van der Waals surface area contributed by atoms with Crippen LogP contribution in [0.1, 0.15) is 13.8 Å². The zero-order valence-corrected chi connectivity index (χ0v) is 8.28. The van der Waals surface area contributed by atoms with Crippen LogP contribution in [0.4, 0.5) is 0 Å². The summed E-state index contributed by atoms with van der Waals surface area (Å²) in [5, 5.41) is 0. The van der Waals surface area contributed by atoms with Gasteiger partial charge in [0.25, 0.3) is 0 Å². The molecular formula is C8H17N3O2. The Morgan fingerprint density at radius 3 is 2.15 bits per heavy atom. The molecule has 0 heterocycles. The molecule has 0 spiro atoms. The van der Waals surface area contributed by atoms with E-state index in [-0.39, 0.29) is 18.4 Å². The molecule has 4 N–H and O–H groups in total. The Bertz CT molecular complexity index is 204. The molecule has 0 unspecified atom stereocenters. The number of carbonyl (C=O) groups is 2. The fourth-order valence-electron chi connectivity index (χ4n) is 0.851. The molecule has 0 aromatic rings. The summed E-state index contributed by atoms with van der Waals surface area (Å²) in [6.45, 7) is 3.61. The summed E-state index contributed by atoms with van der Waals surface area (Å²) in [5.74, 6) is -0.733. The quantitative estimate of drug-likeness (QED) is 0.586. The number of hydrogen-bond acceptors (Lipinski definition) is 3. The first-order chi connectivity index (χ1) is 5.86. The Kier molecular flexibility index (Phi) is 4.40. The molecule has 0 fully saturated rings. The van der Waals surface area contributed by atoms with E-state index in [1.807, 2.05) is 13.8 Å². The molecular weight excluding hydrogens is 170 g/mol. The topological polar surface area (TPSA) is 89.4 Å². The van der Waals surface area contributed by atoms with Gasteiger partial charge in [-0.2, -0.15) is 0 Å². The molecule has 0 aromatic heterocycles. The van der Waals surface area contributed by atoms with E-state index in [0.717, 1.165) is 0 Å². The van der Waals surface area contributed by atoms with Gasteiger partial charge in [0.1, 0.15) is 0 Å². The van der Waals surface area contributed by atoms with Crippen LogP contribution in [-0.2, 0) is 9.59 Å². The van der Waals surface area contributed by atoms with Gasteiger partial charge in [-0.25, -0.2) is 0 Å². The fraction of sp³-hybridized carbons (Fsp3) is 0.750. The molecule has 0 saturated carbocycles. The van der Waals surface area contributed by atoms with Crippen molar-refractivity contribution in [2.75, 3.05) is 13.6 Å². The number of primary amides is 1. The minimum Gasteiger partial charge on any atom is -0.368 e. The molecule has 0 saturated heterocycles. The van der Waals surface area contributed by atoms with Gasteiger partial charge in [-0.3, -0.25) is 9.59 Å². The third-order valence-corrected chi connectivity index (χ3v) is 1.77. The zero-order chi connectivity index (χ0) is 10.6. The van der Waals surface area contributed by atoms with Gasteiger partial charge in [0.15, 0.2) is 0 Å². The Morgan fingerprint density at radius 2 is 1.85 bits per heavy atom. The van der Waals surface area contributed by atoms with Crippen LogP contribution < -0.4 is 11.5 Å². The number of amides is 2. The Hall–Kier alpha value is -1.10. The van der Waals surface area contributed by atoms with Crippen LogP contribution in [0.25, 0.3) is 0 Å². The number of nitrogens with two attached hydrogens (primary N) is 2. The SMILES string of the molecule is CC(C)[C@H](N)C(=O)N(C)CC(N)=O. The van der Waals surface area contributed by atoms with Crippen molar-refractivity contribution >= 4 is 11.8 Å². The molecule has 13 heavy (non-hydrogen) atoms. The Morgan fingerprint density at radius 1 is 1.38 bits per heavy atom. The van der Waals surface area contributed by atoms with Gasteiger partial charge in [0.2, 0.25) is 11.8 Å². The van der Waals surface area contributed by atoms with Crippen molar-refractivity contribution in [3.63, 3.8) is 0 Å². The largest absolute Gasteiger partial charge is 0.368 e. The smallest absolute Gasteiger partial charge is 0.239 e. The Labute approximate surface area is 78.1 Å². The van der Waals surface area contributed by atoms with Gasteiger partial charge in [0, 0.05) is 7.05 Å². The predicted octanol–water partition coefficient (Wildman–Crippen LogP) is -1.09. The maximum Gasteiger partial charge on any atom is 0.239 e. The number of likely N-dealkylation sites (N-methyl/N-ethyl adjacent to an activating group) is 1. The minimum absolute atomic E-state index is 0.0582. The van der Waals surface area contributed by atoms with Gasteiger partial charge >= 0.3 is 0 Å². The monoisotopic (exact) mass is 187 g/mol. The van der Waals surface area contributed by atoms with Gasteiger partial charge in [-0.1, -0.05) is 13.8 Å². The average molecular weight is 187 g/mol. The molecule has 5 heteroatoms. The maximum absolute atomic E-state index is 11.4. The highest BCUT2D eigenvalue weighted by Crippen LogP contribution is 2.01. The van der Waals surface area contributed by atoms with Crippen molar-refractivity contribution in [2.45, 2.75) is 19.9 Å². The lowest BCUT2D eigenvalue weighted by molar-refractivity contribution is -0.135. The number of rotatable bonds is 4. The standard InChI is InChI=1S/C8H17N3O2/c1-5(2)7(10)8(13)11(3)4-6(9)12/h5,7H,4,10H2,1-3H3,(H2,9,12)/t7-/m0/s1. The molecule has 0 aliphatic rings. The van der Waals surface area contributed by atoms with E-state index in [1.165, 1.54) is 11.9 Å². The molecule has 0 radical (unpaired) electrons. The lowest BCUT2D eigenvalue weighted by Crippen LogP contribution is -2.47. The summed E-state index contributed by atoms with van der Waals surface area (Å²) in [6.07, 6.45) is 0. The first kappa shape index (κ1) is 11.9. The predicted molar refractivity (Wildman–Crippen MR) is 49.6 cm³/mol. The molecule has 0 aliphatic heterocycles. The molecule has 2 amide bonds. The average Bonchev–Trinajstić information content (AvgIpc) is 2.00. The van der Waals surface area contributed by atoms with Crippen molar-refractivity contribution in [2.24, 2.45) is 17.4 Å².